The number of ether oxygens (including phenoxy) is 1. The van der Waals surface area contributed by atoms with Crippen LogP contribution < -0.4 is 5.73 Å². The monoisotopic (exact) mass is 350 g/mol. The molecule has 2 N–H and O–H groups in total. The number of hydrogen-bond acceptors (Lipinski definition) is 4. The Bertz CT molecular complexity index is 806. The van der Waals surface area contributed by atoms with Gasteiger partial charge in [-0.2, -0.15) is 0 Å². The number of rotatable bonds is 7. The highest BCUT2D eigenvalue weighted by Gasteiger charge is 2.28. The lowest BCUT2D eigenvalue weighted by atomic mass is 10.2. The standard InChI is InChI=1S/C18H26N2O3S/c1-5-23-12-6-11-20-15(4)14(3)17(18(20)19)24(21,22)16-9-7-13(2)8-10-16/h7-10H,5-6,11-12,19H2,1-4H3. The minimum Gasteiger partial charge on any atom is -0.384 e. The van der Waals surface area contributed by atoms with E-state index in [1.54, 1.807) is 24.3 Å². The second-order valence-corrected chi connectivity index (χ2v) is 7.83. The van der Waals surface area contributed by atoms with E-state index in [9.17, 15) is 8.42 Å². The van der Waals surface area contributed by atoms with Crippen molar-refractivity contribution in [3.8, 4) is 0 Å². The van der Waals surface area contributed by atoms with E-state index in [0.717, 1.165) is 17.7 Å². The van der Waals surface area contributed by atoms with Crippen molar-refractivity contribution in [3.05, 3.63) is 41.1 Å². The van der Waals surface area contributed by atoms with Crippen LogP contribution in [0, 0.1) is 20.8 Å². The van der Waals surface area contributed by atoms with E-state index in [-0.39, 0.29) is 9.79 Å². The summed E-state index contributed by atoms with van der Waals surface area (Å²) in [7, 11) is -3.63. The van der Waals surface area contributed by atoms with Crippen molar-refractivity contribution >= 4 is 15.7 Å². The Labute approximate surface area is 144 Å². The number of sulfone groups is 1. The number of aromatic nitrogens is 1. The first-order valence-corrected chi connectivity index (χ1v) is 9.63. The van der Waals surface area contributed by atoms with E-state index in [1.807, 2.05) is 32.3 Å². The summed E-state index contributed by atoms with van der Waals surface area (Å²) in [6, 6.07) is 6.85. The third-order valence-electron chi connectivity index (χ3n) is 4.29. The lowest BCUT2D eigenvalue weighted by Gasteiger charge is -2.10. The van der Waals surface area contributed by atoms with E-state index >= 15 is 0 Å². The van der Waals surface area contributed by atoms with Gasteiger partial charge in [0.25, 0.3) is 0 Å². The lowest BCUT2D eigenvalue weighted by Crippen LogP contribution is -2.10. The van der Waals surface area contributed by atoms with Gasteiger partial charge in [-0.1, -0.05) is 17.7 Å². The van der Waals surface area contributed by atoms with Gasteiger partial charge >= 0.3 is 0 Å². The van der Waals surface area contributed by atoms with Crippen LogP contribution >= 0.6 is 0 Å². The van der Waals surface area contributed by atoms with Crippen LogP contribution in [0.4, 0.5) is 5.82 Å². The molecule has 0 unspecified atom stereocenters. The molecular weight excluding hydrogens is 324 g/mol. The van der Waals surface area contributed by atoms with Crippen LogP contribution in [-0.4, -0.2) is 26.2 Å². The van der Waals surface area contributed by atoms with Gasteiger partial charge in [-0.3, -0.25) is 0 Å². The molecule has 1 aromatic carbocycles. The fourth-order valence-corrected chi connectivity index (χ4v) is 4.46. The molecule has 0 amide bonds. The number of aryl methyl sites for hydroxylation is 1. The highest BCUT2D eigenvalue weighted by Crippen LogP contribution is 2.33. The van der Waals surface area contributed by atoms with E-state index < -0.39 is 9.84 Å². The minimum atomic E-state index is -3.63. The molecule has 0 aliphatic rings. The van der Waals surface area contributed by atoms with Crippen LogP contribution in [-0.2, 0) is 21.1 Å². The Morgan fingerprint density at radius 1 is 1.12 bits per heavy atom. The molecule has 0 bridgehead atoms. The minimum absolute atomic E-state index is 0.222. The zero-order valence-electron chi connectivity index (χ0n) is 14.8. The number of nitrogens with two attached hydrogens (primary N) is 1. The van der Waals surface area contributed by atoms with Gasteiger partial charge in [-0.05, 0) is 51.8 Å². The second-order valence-electron chi connectivity index (χ2n) is 5.94. The third-order valence-corrected chi connectivity index (χ3v) is 6.23. The van der Waals surface area contributed by atoms with Crippen molar-refractivity contribution < 1.29 is 13.2 Å². The van der Waals surface area contributed by atoms with Crippen molar-refractivity contribution in [2.75, 3.05) is 18.9 Å². The fraction of sp³-hybridized carbons (Fsp3) is 0.444. The molecular formula is C18H26N2O3S. The number of nitrogen functional groups attached to an aromatic ring is 1. The lowest BCUT2D eigenvalue weighted by molar-refractivity contribution is 0.141. The van der Waals surface area contributed by atoms with Crippen LogP contribution in [0.2, 0.25) is 0 Å². The smallest absolute Gasteiger partial charge is 0.210 e. The zero-order valence-corrected chi connectivity index (χ0v) is 15.6. The summed E-state index contributed by atoms with van der Waals surface area (Å²) in [5, 5.41) is 0. The van der Waals surface area contributed by atoms with Crippen molar-refractivity contribution in [2.24, 2.45) is 0 Å². The molecule has 0 aliphatic carbocycles. The maximum atomic E-state index is 13.0. The number of benzene rings is 1. The Kier molecular flexibility index (Phi) is 5.72. The molecule has 0 atom stereocenters. The quantitative estimate of drug-likeness (QED) is 0.778. The molecule has 0 saturated heterocycles. The van der Waals surface area contributed by atoms with Crippen LogP contribution in [0.15, 0.2) is 34.1 Å². The van der Waals surface area contributed by atoms with Gasteiger partial charge in [0.05, 0.1) is 4.90 Å². The van der Waals surface area contributed by atoms with Crippen LogP contribution in [0.25, 0.3) is 0 Å². The van der Waals surface area contributed by atoms with Gasteiger partial charge in [-0.25, -0.2) is 8.42 Å². The van der Waals surface area contributed by atoms with Crippen molar-refractivity contribution in [2.45, 2.75) is 50.5 Å². The Morgan fingerprint density at radius 3 is 2.33 bits per heavy atom. The van der Waals surface area contributed by atoms with E-state index in [4.69, 9.17) is 10.5 Å². The Balaban J connectivity index is 2.41. The first kappa shape index (κ1) is 18.5. The van der Waals surface area contributed by atoms with Crippen molar-refractivity contribution in [3.63, 3.8) is 0 Å². The molecule has 0 saturated carbocycles. The summed E-state index contributed by atoms with van der Waals surface area (Å²) in [6.45, 7) is 9.54. The molecule has 6 heteroatoms. The largest absolute Gasteiger partial charge is 0.384 e. The first-order valence-electron chi connectivity index (χ1n) is 8.15. The van der Waals surface area contributed by atoms with Crippen LogP contribution in [0.3, 0.4) is 0 Å². The number of hydrogen-bond donors (Lipinski definition) is 1. The van der Waals surface area contributed by atoms with Crippen LogP contribution in [0.5, 0.6) is 0 Å². The molecule has 0 spiro atoms. The summed E-state index contributed by atoms with van der Waals surface area (Å²) in [6.07, 6.45) is 0.789. The summed E-state index contributed by atoms with van der Waals surface area (Å²) in [5.74, 6) is 0.307. The van der Waals surface area contributed by atoms with E-state index in [0.29, 0.717) is 31.1 Å². The molecule has 0 fully saturated rings. The SMILES string of the molecule is CCOCCCn1c(C)c(C)c(S(=O)(=O)c2ccc(C)cc2)c1N. The topological polar surface area (TPSA) is 74.3 Å². The Hall–Kier alpha value is -1.79. The van der Waals surface area contributed by atoms with Crippen molar-refractivity contribution in [1.82, 2.24) is 4.57 Å². The molecule has 5 nitrogen and oxygen atoms in total. The van der Waals surface area contributed by atoms with Gasteiger partial charge in [0.2, 0.25) is 9.84 Å². The first-order chi connectivity index (χ1) is 11.3. The van der Waals surface area contributed by atoms with E-state index in [2.05, 4.69) is 0 Å². The zero-order chi connectivity index (χ0) is 17.9. The van der Waals surface area contributed by atoms with Gasteiger partial charge in [0.15, 0.2) is 0 Å². The molecule has 1 heterocycles. The molecule has 0 aliphatic heterocycles. The van der Waals surface area contributed by atoms with Gasteiger partial charge < -0.3 is 15.0 Å². The third kappa shape index (κ3) is 3.49. The summed E-state index contributed by atoms with van der Waals surface area (Å²) < 4.78 is 33.2. The predicted octanol–water partition coefficient (Wildman–Crippen LogP) is 3.25. The molecule has 2 aromatic rings. The fourth-order valence-electron chi connectivity index (χ4n) is 2.79. The summed E-state index contributed by atoms with van der Waals surface area (Å²) >= 11 is 0. The summed E-state index contributed by atoms with van der Waals surface area (Å²) in [5.41, 5.74) is 8.83. The van der Waals surface area contributed by atoms with E-state index in [1.165, 1.54) is 0 Å². The highest BCUT2D eigenvalue weighted by atomic mass is 32.2. The van der Waals surface area contributed by atoms with Crippen molar-refractivity contribution in [1.29, 1.82) is 0 Å². The number of nitrogens with zero attached hydrogens (tertiary/aromatic N) is 1. The highest BCUT2D eigenvalue weighted by molar-refractivity contribution is 7.91. The summed E-state index contributed by atoms with van der Waals surface area (Å²) in [4.78, 5) is 0.495. The van der Waals surface area contributed by atoms with Gasteiger partial charge in [0, 0.05) is 25.5 Å². The second kappa shape index (κ2) is 7.40. The molecule has 24 heavy (non-hydrogen) atoms. The van der Waals surface area contributed by atoms with Crippen LogP contribution in [0.1, 0.15) is 30.2 Å². The number of anilines is 1. The van der Waals surface area contributed by atoms with Gasteiger partial charge in [0.1, 0.15) is 10.7 Å². The normalized spacial score (nSPS) is 11.8. The molecule has 132 valence electrons. The molecule has 2 rings (SSSR count). The maximum Gasteiger partial charge on any atom is 0.210 e. The average Bonchev–Trinajstić information content (AvgIpc) is 2.75. The molecule has 1 aromatic heterocycles. The average molecular weight is 350 g/mol. The van der Waals surface area contributed by atoms with Gasteiger partial charge in [-0.15, -0.1) is 0 Å². The maximum absolute atomic E-state index is 13.0. The predicted molar refractivity (Wildman–Crippen MR) is 96.1 cm³/mol. The molecule has 0 radical (unpaired) electrons. The Morgan fingerprint density at radius 2 is 1.75 bits per heavy atom.